The average Bonchev–Trinajstić information content (AvgIpc) is 2.70. The van der Waals surface area contributed by atoms with Crippen LogP contribution in [0.15, 0.2) is 28.2 Å². The molecule has 0 saturated heterocycles. The van der Waals surface area contributed by atoms with Gasteiger partial charge in [0.15, 0.2) is 5.69 Å². The number of hydrogen-bond donors (Lipinski definition) is 2. The Morgan fingerprint density at radius 2 is 2.29 bits per heavy atom. The van der Waals surface area contributed by atoms with E-state index >= 15 is 0 Å². The number of carboxylic acid groups (broad SMARTS) is 1. The van der Waals surface area contributed by atoms with Gasteiger partial charge in [-0.25, -0.2) is 14.2 Å². The van der Waals surface area contributed by atoms with Crippen LogP contribution in [0.2, 0.25) is 0 Å². The van der Waals surface area contributed by atoms with Crippen molar-refractivity contribution < 1.29 is 14.3 Å². The van der Waals surface area contributed by atoms with Gasteiger partial charge in [-0.15, -0.1) is 11.3 Å². The van der Waals surface area contributed by atoms with Gasteiger partial charge in [0.2, 0.25) is 0 Å². The van der Waals surface area contributed by atoms with Crippen LogP contribution in [0, 0.1) is 5.82 Å². The lowest BCUT2D eigenvalue weighted by atomic mass is 10.3. The van der Waals surface area contributed by atoms with E-state index in [4.69, 9.17) is 5.11 Å². The van der Waals surface area contributed by atoms with Gasteiger partial charge in [-0.2, -0.15) is 0 Å². The van der Waals surface area contributed by atoms with Crippen molar-refractivity contribution in [2.24, 2.45) is 0 Å². The number of benzene rings is 1. The molecule has 0 aliphatic heterocycles. The van der Waals surface area contributed by atoms with Crippen LogP contribution >= 0.6 is 27.3 Å². The molecule has 0 fully saturated rings. The zero-order chi connectivity index (χ0) is 12.4. The smallest absolute Gasteiger partial charge is 0.357 e. The molecule has 0 radical (unpaired) electrons. The first-order valence-electron chi connectivity index (χ1n) is 4.47. The molecule has 0 saturated carbocycles. The van der Waals surface area contributed by atoms with E-state index in [2.05, 4.69) is 26.2 Å². The van der Waals surface area contributed by atoms with Crippen LogP contribution in [0.3, 0.4) is 0 Å². The molecule has 0 atom stereocenters. The zero-order valence-electron chi connectivity index (χ0n) is 8.28. The molecule has 0 spiro atoms. The van der Waals surface area contributed by atoms with E-state index in [-0.39, 0.29) is 11.5 Å². The number of thiazole rings is 1. The molecule has 1 aromatic carbocycles. The number of carbonyl (C=O) groups is 1. The van der Waals surface area contributed by atoms with Gasteiger partial charge in [-0.1, -0.05) is 0 Å². The summed E-state index contributed by atoms with van der Waals surface area (Å²) in [5.74, 6) is -1.47. The number of rotatable bonds is 3. The topological polar surface area (TPSA) is 62.2 Å². The maximum atomic E-state index is 12.9. The van der Waals surface area contributed by atoms with Crippen LogP contribution in [-0.2, 0) is 0 Å². The Kier molecular flexibility index (Phi) is 3.39. The summed E-state index contributed by atoms with van der Waals surface area (Å²) in [7, 11) is 0. The molecule has 1 heterocycles. The maximum Gasteiger partial charge on any atom is 0.357 e. The standard InChI is InChI=1S/C10H6BrFN2O2S/c11-6-3-5(12)1-2-7(6)14-9-8(10(15)16)13-4-17-9/h1-4,14H,(H,15,16). The van der Waals surface area contributed by atoms with Crippen molar-refractivity contribution in [3.05, 3.63) is 39.7 Å². The largest absolute Gasteiger partial charge is 0.476 e. The van der Waals surface area contributed by atoms with Crippen molar-refractivity contribution >= 4 is 43.9 Å². The van der Waals surface area contributed by atoms with Crippen LogP contribution in [0.25, 0.3) is 0 Å². The molecule has 0 amide bonds. The number of nitrogens with one attached hydrogen (secondary N) is 1. The van der Waals surface area contributed by atoms with Crippen molar-refractivity contribution in [3.8, 4) is 0 Å². The van der Waals surface area contributed by atoms with Crippen LogP contribution in [0.4, 0.5) is 15.1 Å². The molecular formula is C10H6BrFN2O2S. The first-order valence-corrected chi connectivity index (χ1v) is 6.14. The Morgan fingerprint density at radius 3 is 2.94 bits per heavy atom. The summed E-state index contributed by atoms with van der Waals surface area (Å²) in [5.41, 5.74) is 1.97. The summed E-state index contributed by atoms with van der Waals surface area (Å²) in [6, 6.07) is 4.10. The van der Waals surface area contributed by atoms with Gasteiger partial charge in [-0.3, -0.25) is 0 Å². The zero-order valence-corrected chi connectivity index (χ0v) is 10.7. The fraction of sp³-hybridized carbons (Fsp3) is 0. The number of anilines is 2. The summed E-state index contributed by atoms with van der Waals surface area (Å²) >= 11 is 4.36. The van der Waals surface area contributed by atoms with E-state index in [0.717, 1.165) is 0 Å². The molecule has 7 heteroatoms. The molecule has 2 rings (SSSR count). The minimum absolute atomic E-state index is 0.0498. The minimum Gasteiger partial charge on any atom is -0.476 e. The van der Waals surface area contributed by atoms with Crippen LogP contribution < -0.4 is 5.32 Å². The predicted octanol–water partition coefficient (Wildman–Crippen LogP) is 3.49. The number of hydrogen-bond acceptors (Lipinski definition) is 4. The normalized spacial score (nSPS) is 10.2. The molecular weight excluding hydrogens is 311 g/mol. The highest BCUT2D eigenvalue weighted by Gasteiger charge is 2.14. The fourth-order valence-electron chi connectivity index (χ4n) is 1.20. The Labute approximate surface area is 108 Å². The Balaban J connectivity index is 2.31. The molecule has 0 aliphatic rings. The SMILES string of the molecule is O=C(O)c1ncsc1Nc1ccc(F)cc1Br. The average molecular weight is 317 g/mol. The van der Waals surface area contributed by atoms with Gasteiger partial charge in [0.25, 0.3) is 0 Å². The Hall–Kier alpha value is -1.47. The summed E-state index contributed by atoms with van der Waals surface area (Å²) in [6.45, 7) is 0. The summed E-state index contributed by atoms with van der Waals surface area (Å²) in [6.07, 6.45) is 0. The van der Waals surface area contributed by atoms with E-state index in [1.54, 1.807) is 0 Å². The first-order chi connectivity index (χ1) is 8.08. The van der Waals surface area contributed by atoms with Crippen LogP contribution in [0.1, 0.15) is 10.5 Å². The van der Waals surface area contributed by atoms with Gasteiger partial charge in [0.1, 0.15) is 10.8 Å². The number of carboxylic acids is 1. The van der Waals surface area contributed by atoms with Crippen LogP contribution in [-0.4, -0.2) is 16.1 Å². The molecule has 88 valence electrons. The summed E-state index contributed by atoms with van der Waals surface area (Å²) < 4.78 is 13.4. The molecule has 0 bridgehead atoms. The second-order valence-corrected chi connectivity index (χ2v) is 4.79. The quantitative estimate of drug-likeness (QED) is 0.910. The highest BCUT2D eigenvalue weighted by atomic mass is 79.9. The second-order valence-electron chi connectivity index (χ2n) is 3.08. The molecule has 2 N–H and O–H groups in total. The summed E-state index contributed by atoms with van der Waals surface area (Å²) in [5, 5.41) is 12.2. The van der Waals surface area contributed by atoms with Crippen molar-refractivity contribution in [1.82, 2.24) is 4.98 Å². The van der Waals surface area contributed by atoms with E-state index in [1.165, 1.54) is 35.0 Å². The lowest BCUT2D eigenvalue weighted by Gasteiger charge is -2.06. The maximum absolute atomic E-state index is 12.9. The molecule has 0 unspecified atom stereocenters. The van der Waals surface area contributed by atoms with E-state index in [0.29, 0.717) is 15.2 Å². The second kappa shape index (κ2) is 4.80. The van der Waals surface area contributed by atoms with E-state index in [9.17, 15) is 9.18 Å². The van der Waals surface area contributed by atoms with Crippen molar-refractivity contribution in [2.75, 3.05) is 5.32 Å². The van der Waals surface area contributed by atoms with Gasteiger partial charge in [-0.05, 0) is 34.1 Å². The van der Waals surface area contributed by atoms with E-state index in [1.807, 2.05) is 0 Å². The molecule has 17 heavy (non-hydrogen) atoms. The predicted molar refractivity (Wildman–Crippen MR) is 66.5 cm³/mol. The van der Waals surface area contributed by atoms with E-state index < -0.39 is 5.97 Å². The van der Waals surface area contributed by atoms with Gasteiger partial charge >= 0.3 is 5.97 Å². The number of aromatic carboxylic acids is 1. The lowest BCUT2D eigenvalue weighted by Crippen LogP contribution is -2.01. The number of aromatic nitrogens is 1. The fourth-order valence-corrected chi connectivity index (χ4v) is 2.33. The molecule has 1 aromatic heterocycles. The van der Waals surface area contributed by atoms with Crippen LogP contribution in [0.5, 0.6) is 0 Å². The highest BCUT2D eigenvalue weighted by Crippen LogP contribution is 2.30. The van der Waals surface area contributed by atoms with Gasteiger partial charge in [0, 0.05) is 4.47 Å². The van der Waals surface area contributed by atoms with Gasteiger partial charge in [0.05, 0.1) is 11.2 Å². The monoisotopic (exact) mass is 316 g/mol. The molecule has 2 aromatic rings. The number of nitrogens with zero attached hydrogens (tertiary/aromatic N) is 1. The minimum atomic E-state index is -1.10. The molecule has 4 nitrogen and oxygen atoms in total. The van der Waals surface area contributed by atoms with Crippen molar-refractivity contribution in [3.63, 3.8) is 0 Å². The third kappa shape index (κ3) is 2.62. The lowest BCUT2D eigenvalue weighted by molar-refractivity contribution is 0.0692. The van der Waals surface area contributed by atoms with Gasteiger partial charge < -0.3 is 10.4 Å². The Morgan fingerprint density at radius 1 is 1.53 bits per heavy atom. The molecule has 0 aliphatic carbocycles. The highest BCUT2D eigenvalue weighted by molar-refractivity contribution is 9.10. The number of halogens is 2. The summed E-state index contributed by atoms with van der Waals surface area (Å²) in [4.78, 5) is 14.6. The van der Waals surface area contributed by atoms with Crippen molar-refractivity contribution in [2.45, 2.75) is 0 Å². The first kappa shape index (κ1) is 12.0. The third-order valence-corrected chi connectivity index (χ3v) is 3.35. The Bertz CT molecular complexity index is 573. The van der Waals surface area contributed by atoms with Crippen molar-refractivity contribution in [1.29, 1.82) is 0 Å². The third-order valence-electron chi connectivity index (χ3n) is 1.95.